The SMILES string of the molecule is CCc1ccc(S(=O)(=O)c2cnc3ccc(C)cc3c2N2CCC(O)(c3ccc4c(c3)OCO4)CC2)cc1. The summed E-state index contributed by atoms with van der Waals surface area (Å²) < 4.78 is 38.8. The second kappa shape index (κ2) is 9.29. The lowest BCUT2D eigenvalue weighted by atomic mass is 9.84. The molecule has 3 aromatic carbocycles. The first kappa shape index (κ1) is 24.7. The van der Waals surface area contributed by atoms with Gasteiger partial charge in [-0.3, -0.25) is 4.98 Å². The average Bonchev–Trinajstić information content (AvgIpc) is 3.41. The van der Waals surface area contributed by atoms with Gasteiger partial charge in [-0.15, -0.1) is 0 Å². The van der Waals surface area contributed by atoms with Crippen LogP contribution in [0.25, 0.3) is 10.9 Å². The number of fused-ring (bicyclic) bond motifs is 2. The monoisotopic (exact) mass is 530 g/mol. The smallest absolute Gasteiger partial charge is 0.231 e. The number of hydrogen-bond acceptors (Lipinski definition) is 7. The third kappa shape index (κ3) is 4.18. The van der Waals surface area contributed by atoms with E-state index in [4.69, 9.17) is 9.47 Å². The van der Waals surface area contributed by atoms with Crippen LogP contribution in [0.2, 0.25) is 0 Å². The Morgan fingerprint density at radius 3 is 2.45 bits per heavy atom. The molecule has 0 bridgehead atoms. The molecule has 1 N–H and O–H groups in total. The summed E-state index contributed by atoms with van der Waals surface area (Å²) in [7, 11) is -3.83. The first-order valence-electron chi connectivity index (χ1n) is 12.9. The molecule has 0 radical (unpaired) electrons. The number of piperidine rings is 1. The molecule has 4 aromatic rings. The van der Waals surface area contributed by atoms with Gasteiger partial charge in [0, 0.05) is 24.7 Å². The second-order valence-electron chi connectivity index (χ2n) is 10.1. The minimum atomic E-state index is -3.83. The lowest BCUT2D eigenvalue weighted by Crippen LogP contribution is -2.43. The summed E-state index contributed by atoms with van der Waals surface area (Å²) in [6.45, 7) is 5.17. The van der Waals surface area contributed by atoms with Crippen LogP contribution in [-0.4, -0.2) is 38.4 Å². The summed E-state index contributed by atoms with van der Waals surface area (Å²) in [5.74, 6) is 1.31. The Morgan fingerprint density at radius 1 is 0.974 bits per heavy atom. The van der Waals surface area contributed by atoms with E-state index in [1.54, 1.807) is 12.1 Å². The van der Waals surface area contributed by atoms with E-state index >= 15 is 0 Å². The Hall–Kier alpha value is -3.62. The van der Waals surface area contributed by atoms with E-state index in [1.165, 1.54) is 6.20 Å². The minimum Gasteiger partial charge on any atom is -0.454 e. The van der Waals surface area contributed by atoms with Crippen molar-refractivity contribution in [3.05, 3.63) is 83.6 Å². The van der Waals surface area contributed by atoms with Gasteiger partial charge < -0.3 is 19.5 Å². The third-order valence-corrected chi connectivity index (χ3v) is 9.48. The first-order valence-corrected chi connectivity index (χ1v) is 14.4. The largest absolute Gasteiger partial charge is 0.454 e. The van der Waals surface area contributed by atoms with E-state index in [2.05, 4.69) is 9.88 Å². The molecule has 1 saturated heterocycles. The molecule has 1 fully saturated rings. The first-order chi connectivity index (χ1) is 18.3. The molecular weight excluding hydrogens is 500 g/mol. The van der Waals surface area contributed by atoms with Gasteiger partial charge in [-0.05, 0) is 73.7 Å². The van der Waals surface area contributed by atoms with Crippen molar-refractivity contribution in [3.63, 3.8) is 0 Å². The molecule has 7 nitrogen and oxygen atoms in total. The highest BCUT2D eigenvalue weighted by Crippen LogP contribution is 2.43. The number of ether oxygens (including phenoxy) is 2. The highest BCUT2D eigenvalue weighted by Gasteiger charge is 2.37. The zero-order chi connectivity index (χ0) is 26.5. The maximum atomic E-state index is 13.9. The Balaban J connectivity index is 1.40. The van der Waals surface area contributed by atoms with Crippen molar-refractivity contribution in [1.82, 2.24) is 4.98 Å². The van der Waals surface area contributed by atoms with Crippen LogP contribution >= 0.6 is 0 Å². The Kier molecular flexibility index (Phi) is 6.04. The van der Waals surface area contributed by atoms with Gasteiger partial charge in [-0.2, -0.15) is 0 Å². The van der Waals surface area contributed by atoms with Gasteiger partial charge >= 0.3 is 0 Å². The summed E-state index contributed by atoms with van der Waals surface area (Å²) in [6, 6.07) is 18.5. The van der Waals surface area contributed by atoms with Crippen LogP contribution in [0.3, 0.4) is 0 Å². The predicted octanol–water partition coefficient (Wildman–Crippen LogP) is 5.16. The number of aliphatic hydroxyl groups is 1. The zero-order valence-corrected chi connectivity index (χ0v) is 22.3. The standard InChI is InChI=1S/C30H30N2O5S/c1-3-21-5-8-23(9-6-21)38(34,35)28-18-31-25-10-4-20(2)16-24(25)29(28)32-14-12-30(33,13-15-32)22-7-11-26-27(17-22)37-19-36-26/h4-11,16-18,33H,3,12-15,19H2,1-2H3. The van der Waals surface area contributed by atoms with Gasteiger partial charge in [0.15, 0.2) is 11.5 Å². The molecule has 6 rings (SSSR count). The van der Waals surface area contributed by atoms with Crippen molar-refractivity contribution < 1.29 is 23.0 Å². The maximum Gasteiger partial charge on any atom is 0.231 e. The fourth-order valence-corrected chi connectivity index (χ4v) is 6.84. The third-order valence-electron chi connectivity index (χ3n) is 7.71. The Bertz CT molecular complexity index is 1630. The van der Waals surface area contributed by atoms with Gasteiger partial charge in [0.25, 0.3) is 0 Å². The second-order valence-corrected chi connectivity index (χ2v) is 12.0. The van der Waals surface area contributed by atoms with Crippen molar-refractivity contribution in [2.24, 2.45) is 0 Å². The molecule has 0 amide bonds. The highest BCUT2D eigenvalue weighted by atomic mass is 32.2. The fourth-order valence-electron chi connectivity index (χ4n) is 5.40. The average molecular weight is 531 g/mol. The van der Waals surface area contributed by atoms with E-state index in [0.29, 0.717) is 43.1 Å². The summed E-state index contributed by atoms with van der Waals surface area (Å²) in [4.78, 5) is 7.05. The molecule has 0 aliphatic carbocycles. The topological polar surface area (TPSA) is 89.0 Å². The fraction of sp³-hybridized carbons (Fsp3) is 0.300. The van der Waals surface area contributed by atoms with E-state index in [1.807, 2.05) is 62.4 Å². The van der Waals surface area contributed by atoms with E-state index < -0.39 is 15.4 Å². The van der Waals surface area contributed by atoms with E-state index in [-0.39, 0.29) is 16.6 Å². The van der Waals surface area contributed by atoms with Gasteiger partial charge in [-0.25, -0.2) is 8.42 Å². The summed E-state index contributed by atoms with van der Waals surface area (Å²) in [6.07, 6.45) is 3.19. The minimum absolute atomic E-state index is 0.179. The highest BCUT2D eigenvalue weighted by molar-refractivity contribution is 7.91. The number of anilines is 1. The van der Waals surface area contributed by atoms with Gasteiger partial charge in [-0.1, -0.05) is 36.8 Å². The molecule has 8 heteroatoms. The number of nitrogens with zero attached hydrogens (tertiary/aromatic N) is 2. The molecule has 0 spiro atoms. The van der Waals surface area contributed by atoms with Crippen LogP contribution in [-0.2, 0) is 21.9 Å². The van der Waals surface area contributed by atoms with Crippen molar-refractivity contribution in [2.45, 2.75) is 48.5 Å². The summed E-state index contributed by atoms with van der Waals surface area (Å²) >= 11 is 0. The number of rotatable bonds is 5. The molecule has 0 atom stereocenters. The number of aryl methyl sites for hydroxylation is 2. The summed E-state index contributed by atoms with van der Waals surface area (Å²) in [5.41, 5.74) is 3.21. The van der Waals surface area contributed by atoms with Gasteiger partial charge in [0.2, 0.25) is 16.6 Å². The summed E-state index contributed by atoms with van der Waals surface area (Å²) in [5, 5.41) is 12.4. The van der Waals surface area contributed by atoms with Crippen LogP contribution < -0.4 is 14.4 Å². The molecule has 3 heterocycles. The number of pyridine rings is 1. The van der Waals surface area contributed by atoms with Crippen LogP contribution in [0.4, 0.5) is 5.69 Å². The molecule has 196 valence electrons. The number of sulfone groups is 1. The Morgan fingerprint density at radius 2 is 1.71 bits per heavy atom. The predicted molar refractivity (Wildman–Crippen MR) is 146 cm³/mol. The molecule has 2 aliphatic heterocycles. The quantitative estimate of drug-likeness (QED) is 0.382. The van der Waals surface area contributed by atoms with Crippen LogP contribution in [0.1, 0.15) is 36.5 Å². The molecule has 0 unspecified atom stereocenters. The van der Waals surface area contributed by atoms with Gasteiger partial charge in [0.1, 0.15) is 4.90 Å². The van der Waals surface area contributed by atoms with Crippen molar-refractivity contribution >= 4 is 26.4 Å². The molecular formula is C30H30N2O5S. The molecule has 0 saturated carbocycles. The zero-order valence-electron chi connectivity index (χ0n) is 21.5. The van der Waals surface area contributed by atoms with Crippen molar-refractivity contribution in [1.29, 1.82) is 0 Å². The normalized spacial score (nSPS) is 16.7. The van der Waals surface area contributed by atoms with Crippen LogP contribution in [0.15, 0.2) is 76.7 Å². The molecule has 1 aromatic heterocycles. The van der Waals surface area contributed by atoms with Crippen LogP contribution in [0, 0.1) is 6.92 Å². The Labute approximate surface area is 222 Å². The molecule has 2 aliphatic rings. The van der Waals surface area contributed by atoms with Crippen molar-refractivity contribution in [3.8, 4) is 11.5 Å². The van der Waals surface area contributed by atoms with E-state index in [0.717, 1.165) is 34.0 Å². The number of hydrogen-bond donors (Lipinski definition) is 1. The van der Waals surface area contributed by atoms with Crippen molar-refractivity contribution in [2.75, 3.05) is 24.8 Å². The van der Waals surface area contributed by atoms with E-state index in [9.17, 15) is 13.5 Å². The molecule has 38 heavy (non-hydrogen) atoms. The number of aromatic nitrogens is 1. The van der Waals surface area contributed by atoms with Crippen LogP contribution in [0.5, 0.6) is 11.5 Å². The number of benzene rings is 3. The van der Waals surface area contributed by atoms with Gasteiger partial charge in [0.05, 0.1) is 21.7 Å². The maximum absolute atomic E-state index is 13.9. The lowest BCUT2D eigenvalue weighted by molar-refractivity contribution is 0.0116. The lowest BCUT2D eigenvalue weighted by Gasteiger charge is -2.40.